The van der Waals surface area contributed by atoms with Crippen LogP contribution in [0.4, 0.5) is 16.6 Å². The van der Waals surface area contributed by atoms with Crippen LogP contribution in [0, 0.1) is 0 Å². The van der Waals surface area contributed by atoms with Gasteiger partial charge in [-0.3, -0.25) is 0 Å². The quantitative estimate of drug-likeness (QED) is 0.621. The minimum atomic E-state index is -0.632. The molecule has 0 bridgehead atoms. The zero-order valence-corrected chi connectivity index (χ0v) is 18.0. The number of aromatic nitrogens is 2. The van der Waals surface area contributed by atoms with Crippen molar-refractivity contribution in [1.29, 1.82) is 0 Å². The van der Waals surface area contributed by atoms with Gasteiger partial charge in [-0.15, -0.1) is 0 Å². The third-order valence-corrected chi connectivity index (χ3v) is 6.23. The van der Waals surface area contributed by atoms with E-state index >= 15 is 0 Å². The van der Waals surface area contributed by atoms with Crippen molar-refractivity contribution >= 4 is 17.9 Å². The van der Waals surface area contributed by atoms with Crippen molar-refractivity contribution in [2.24, 2.45) is 0 Å². The molecule has 0 aliphatic carbocycles. The first-order valence-corrected chi connectivity index (χ1v) is 11.0. The summed E-state index contributed by atoms with van der Waals surface area (Å²) in [5.74, 6) is 0.983. The smallest absolute Gasteiger partial charge is 0.416 e. The molecular formula is C25H26N4O3. The maximum Gasteiger partial charge on any atom is 0.416 e. The van der Waals surface area contributed by atoms with Crippen molar-refractivity contribution < 1.29 is 14.3 Å². The molecule has 1 spiro atoms. The van der Waals surface area contributed by atoms with Gasteiger partial charge in [0.2, 0.25) is 5.95 Å². The van der Waals surface area contributed by atoms with Gasteiger partial charge in [-0.1, -0.05) is 60.7 Å². The fourth-order valence-corrected chi connectivity index (χ4v) is 4.60. The third kappa shape index (κ3) is 3.80. The predicted molar refractivity (Wildman–Crippen MR) is 121 cm³/mol. The maximum atomic E-state index is 13.2. The van der Waals surface area contributed by atoms with Gasteiger partial charge in [0.1, 0.15) is 17.5 Å². The molecule has 2 aliphatic rings. The molecule has 2 saturated heterocycles. The summed E-state index contributed by atoms with van der Waals surface area (Å²) in [7, 11) is 0. The van der Waals surface area contributed by atoms with Gasteiger partial charge in [-0.05, 0) is 24.1 Å². The fourth-order valence-electron chi connectivity index (χ4n) is 4.60. The lowest BCUT2D eigenvalue weighted by Gasteiger charge is -2.37. The number of anilines is 2. The van der Waals surface area contributed by atoms with E-state index in [2.05, 4.69) is 29.4 Å². The normalized spacial score (nSPS) is 20.7. The minimum absolute atomic E-state index is 0.0173. The Kier molecular flexibility index (Phi) is 5.49. The van der Waals surface area contributed by atoms with E-state index < -0.39 is 5.60 Å². The van der Waals surface area contributed by atoms with Gasteiger partial charge >= 0.3 is 6.09 Å². The van der Waals surface area contributed by atoms with E-state index in [1.165, 1.54) is 0 Å². The van der Waals surface area contributed by atoms with Crippen LogP contribution in [0.3, 0.4) is 0 Å². The second-order valence-corrected chi connectivity index (χ2v) is 8.24. The van der Waals surface area contributed by atoms with Crippen molar-refractivity contribution in [3.05, 3.63) is 84.1 Å². The van der Waals surface area contributed by atoms with Crippen molar-refractivity contribution in [2.45, 2.75) is 37.5 Å². The summed E-state index contributed by atoms with van der Waals surface area (Å²) in [6, 6.07) is 21.6. The molecule has 164 valence electrons. The van der Waals surface area contributed by atoms with E-state index in [1.807, 2.05) is 48.5 Å². The molecule has 7 heteroatoms. The lowest BCUT2D eigenvalue weighted by molar-refractivity contribution is -0.0590. The zero-order chi connectivity index (χ0) is 22.0. The van der Waals surface area contributed by atoms with Crippen LogP contribution in [0.5, 0.6) is 0 Å². The number of nitrogens with one attached hydrogen (secondary N) is 1. The molecule has 2 aromatic carbocycles. The monoisotopic (exact) mass is 430 g/mol. The molecule has 2 atom stereocenters. The van der Waals surface area contributed by atoms with Gasteiger partial charge in [-0.2, -0.15) is 4.98 Å². The van der Waals surface area contributed by atoms with Crippen LogP contribution in [0.2, 0.25) is 0 Å². The molecule has 7 nitrogen and oxygen atoms in total. The van der Waals surface area contributed by atoms with Gasteiger partial charge in [0, 0.05) is 19.0 Å². The number of benzene rings is 2. The summed E-state index contributed by atoms with van der Waals surface area (Å²) < 4.78 is 11.6. The Balaban J connectivity index is 1.48. The summed E-state index contributed by atoms with van der Waals surface area (Å²) in [6.07, 6.45) is 2.58. The standard InChI is InChI=1S/C25H26N4O3/c1-18(19-8-4-2-5-9-19)27-23-26-15-12-21(28-23)29-22(20-10-6-3-7-11-20)25(32-24(29)30)13-16-31-17-14-25/h2-12,15,18,22H,13-14,16-17H2,1H3,(H,26,27,28). The summed E-state index contributed by atoms with van der Waals surface area (Å²) in [5, 5.41) is 3.34. The van der Waals surface area contributed by atoms with Gasteiger partial charge in [0.25, 0.3) is 0 Å². The number of carbonyl (C=O) groups excluding carboxylic acids is 1. The molecule has 2 unspecified atom stereocenters. The lowest BCUT2D eigenvalue weighted by Crippen LogP contribution is -2.43. The minimum Gasteiger partial charge on any atom is -0.440 e. The second-order valence-electron chi connectivity index (χ2n) is 8.24. The van der Waals surface area contributed by atoms with Crippen molar-refractivity contribution in [3.8, 4) is 0 Å². The molecule has 1 N–H and O–H groups in total. The van der Waals surface area contributed by atoms with Crippen LogP contribution < -0.4 is 10.2 Å². The van der Waals surface area contributed by atoms with Crippen LogP contribution in [-0.4, -0.2) is 34.9 Å². The van der Waals surface area contributed by atoms with E-state index in [0.29, 0.717) is 37.8 Å². The van der Waals surface area contributed by atoms with Crippen LogP contribution >= 0.6 is 0 Å². The Labute approximate surface area is 187 Å². The molecule has 2 aliphatic heterocycles. The van der Waals surface area contributed by atoms with E-state index in [-0.39, 0.29) is 18.2 Å². The Hall–Kier alpha value is -3.45. The van der Waals surface area contributed by atoms with Crippen molar-refractivity contribution in [1.82, 2.24) is 9.97 Å². The highest BCUT2D eigenvalue weighted by atomic mass is 16.6. The van der Waals surface area contributed by atoms with E-state index in [0.717, 1.165) is 11.1 Å². The molecular weight excluding hydrogens is 404 g/mol. The van der Waals surface area contributed by atoms with Crippen LogP contribution in [0.1, 0.15) is 43.0 Å². The average molecular weight is 431 g/mol. The molecule has 2 fully saturated rings. The summed E-state index contributed by atoms with van der Waals surface area (Å²) in [4.78, 5) is 23.9. The zero-order valence-electron chi connectivity index (χ0n) is 18.0. The van der Waals surface area contributed by atoms with Crippen LogP contribution in [0.25, 0.3) is 0 Å². The Bertz CT molecular complexity index is 1070. The second kappa shape index (κ2) is 8.59. The van der Waals surface area contributed by atoms with Gasteiger partial charge in [0.15, 0.2) is 0 Å². The maximum absolute atomic E-state index is 13.2. The molecule has 3 aromatic rings. The number of nitrogens with zero attached hydrogens (tertiary/aromatic N) is 3. The summed E-state index contributed by atoms with van der Waals surface area (Å²) >= 11 is 0. The Morgan fingerprint density at radius 2 is 1.72 bits per heavy atom. The first-order chi connectivity index (χ1) is 15.7. The van der Waals surface area contributed by atoms with E-state index in [9.17, 15) is 4.79 Å². The molecule has 1 amide bonds. The highest BCUT2D eigenvalue weighted by molar-refractivity contribution is 5.90. The summed E-state index contributed by atoms with van der Waals surface area (Å²) in [6.45, 7) is 3.19. The molecule has 5 rings (SSSR count). The highest BCUT2D eigenvalue weighted by Crippen LogP contribution is 2.48. The molecule has 3 heterocycles. The average Bonchev–Trinajstić information content (AvgIpc) is 3.11. The van der Waals surface area contributed by atoms with Crippen molar-refractivity contribution in [2.75, 3.05) is 23.4 Å². The Morgan fingerprint density at radius 1 is 1.03 bits per heavy atom. The van der Waals surface area contributed by atoms with Gasteiger partial charge in [-0.25, -0.2) is 14.7 Å². The lowest BCUT2D eigenvalue weighted by atomic mass is 9.82. The number of carbonyl (C=O) groups is 1. The predicted octanol–water partition coefficient (Wildman–Crippen LogP) is 4.90. The number of hydrogen-bond acceptors (Lipinski definition) is 6. The fraction of sp³-hybridized carbons (Fsp3) is 0.320. The van der Waals surface area contributed by atoms with Crippen LogP contribution in [-0.2, 0) is 9.47 Å². The third-order valence-electron chi connectivity index (χ3n) is 6.23. The number of hydrogen-bond donors (Lipinski definition) is 1. The van der Waals surface area contributed by atoms with E-state index in [1.54, 1.807) is 17.2 Å². The topological polar surface area (TPSA) is 76.6 Å². The number of ether oxygens (including phenoxy) is 2. The largest absolute Gasteiger partial charge is 0.440 e. The van der Waals surface area contributed by atoms with Crippen LogP contribution in [0.15, 0.2) is 72.9 Å². The first-order valence-electron chi connectivity index (χ1n) is 11.0. The Morgan fingerprint density at radius 3 is 2.44 bits per heavy atom. The molecule has 0 saturated carbocycles. The van der Waals surface area contributed by atoms with Gasteiger partial charge < -0.3 is 14.8 Å². The van der Waals surface area contributed by atoms with Crippen molar-refractivity contribution in [3.63, 3.8) is 0 Å². The first kappa shape index (κ1) is 20.5. The van der Waals surface area contributed by atoms with E-state index in [4.69, 9.17) is 14.5 Å². The summed E-state index contributed by atoms with van der Waals surface area (Å²) in [5.41, 5.74) is 1.52. The SMILES string of the molecule is CC(Nc1nccc(N2C(=O)OC3(CCOCC3)C2c2ccccc2)n1)c1ccccc1. The molecule has 1 aromatic heterocycles. The molecule has 32 heavy (non-hydrogen) atoms. The molecule has 0 radical (unpaired) electrons. The number of rotatable bonds is 5. The van der Waals surface area contributed by atoms with Gasteiger partial charge in [0.05, 0.1) is 19.3 Å². The number of amides is 1. The highest BCUT2D eigenvalue weighted by Gasteiger charge is 2.56.